The normalized spacial score (nSPS) is 12.3. The smallest absolute Gasteiger partial charge is 0.433 e. The summed E-state index contributed by atoms with van der Waals surface area (Å²) in [6.45, 7) is 0. The molecule has 0 fully saturated rings. The SMILES string of the molecule is COc1cccc(C(=Nc2ccccc2)C(F)(F)F)c1. The van der Waals surface area contributed by atoms with Crippen molar-refractivity contribution in [2.24, 2.45) is 4.99 Å². The fourth-order valence-electron chi connectivity index (χ4n) is 1.69. The Kier molecular flexibility index (Phi) is 4.08. The quantitative estimate of drug-likeness (QED) is 0.764. The Morgan fingerprint density at radius 1 is 1.00 bits per heavy atom. The van der Waals surface area contributed by atoms with Crippen LogP contribution in [0, 0.1) is 0 Å². The Bertz CT molecular complexity index is 606. The lowest BCUT2D eigenvalue weighted by molar-refractivity contribution is -0.0579. The first-order valence-electron chi connectivity index (χ1n) is 5.86. The van der Waals surface area contributed by atoms with Crippen molar-refractivity contribution in [1.82, 2.24) is 0 Å². The van der Waals surface area contributed by atoms with Gasteiger partial charge in [0.05, 0.1) is 12.8 Å². The van der Waals surface area contributed by atoms with Gasteiger partial charge in [-0.05, 0) is 24.3 Å². The number of aliphatic imine (C=N–C) groups is 1. The van der Waals surface area contributed by atoms with E-state index < -0.39 is 11.9 Å². The number of halogens is 3. The zero-order chi connectivity index (χ0) is 14.6. The van der Waals surface area contributed by atoms with Gasteiger partial charge >= 0.3 is 6.18 Å². The van der Waals surface area contributed by atoms with E-state index in [1.165, 1.54) is 37.4 Å². The Labute approximate surface area is 114 Å². The largest absolute Gasteiger partial charge is 0.497 e. The molecular formula is C15H12F3NO. The van der Waals surface area contributed by atoms with Crippen molar-refractivity contribution in [1.29, 1.82) is 0 Å². The number of rotatable bonds is 3. The van der Waals surface area contributed by atoms with Crippen molar-refractivity contribution in [2.45, 2.75) is 6.18 Å². The zero-order valence-corrected chi connectivity index (χ0v) is 10.7. The minimum atomic E-state index is -4.54. The summed E-state index contributed by atoms with van der Waals surface area (Å²) < 4.78 is 44.4. The van der Waals surface area contributed by atoms with Crippen LogP contribution in [0.4, 0.5) is 18.9 Å². The summed E-state index contributed by atoms with van der Waals surface area (Å²) >= 11 is 0. The lowest BCUT2D eigenvalue weighted by Crippen LogP contribution is -2.23. The van der Waals surface area contributed by atoms with Crippen LogP contribution in [0.3, 0.4) is 0 Å². The zero-order valence-electron chi connectivity index (χ0n) is 10.7. The first kappa shape index (κ1) is 14.1. The summed E-state index contributed by atoms with van der Waals surface area (Å²) in [5, 5.41) is 0. The molecule has 0 aliphatic rings. The highest BCUT2D eigenvalue weighted by molar-refractivity contribution is 6.06. The van der Waals surface area contributed by atoms with E-state index in [2.05, 4.69) is 4.99 Å². The standard InChI is InChI=1S/C15H12F3NO/c1-20-13-9-5-6-11(10-13)14(15(16,17)18)19-12-7-3-2-4-8-12/h2-10H,1H3. The third kappa shape index (κ3) is 3.38. The maximum absolute atomic E-state index is 13.2. The average Bonchev–Trinajstić information content (AvgIpc) is 2.45. The van der Waals surface area contributed by atoms with Crippen molar-refractivity contribution < 1.29 is 17.9 Å². The van der Waals surface area contributed by atoms with E-state index in [0.717, 1.165) is 0 Å². The predicted molar refractivity (Wildman–Crippen MR) is 71.7 cm³/mol. The molecule has 0 unspecified atom stereocenters. The molecule has 0 aliphatic heterocycles. The Hall–Kier alpha value is -2.30. The molecule has 20 heavy (non-hydrogen) atoms. The van der Waals surface area contributed by atoms with Crippen LogP contribution in [0.1, 0.15) is 5.56 Å². The van der Waals surface area contributed by atoms with Crippen molar-refractivity contribution >= 4 is 11.4 Å². The van der Waals surface area contributed by atoms with E-state index in [1.807, 2.05) is 0 Å². The maximum atomic E-state index is 13.2. The fraction of sp³-hybridized carbons (Fsp3) is 0.133. The molecule has 0 atom stereocenters. The number of nitrogens with zero attached hydrogens (tertiary/aromatic N) is 1. The van der Waals surface area contributed by atoms with Crippen LogP contribution in [-0.4, -0.2) is 19.0 Å². The molecule has 2 rings (SSSR count). The summed E-state index contributed by atoms with van der Waals surface area (Å²) in [5.74, 6) is 0.354. The molecule has 0 saturated carbocycles. The van der Waals surface area contributed by atoms with Gasteiger partial charge in [-0.1, -0.05) is 30.3 Å². The second kappa shape index (κ2) is 5.77. The third-order valence-corrected chi connectivity index (χ3v) is 2.61. The van der Waals surface area contributed by atoms with Crippen LogP contribution in [0.15, 0.2) is 59.6 Å². The summed E-state index contributed by atoms with van der Waals surface area (Å²) in [4.78, 5) is 3.71. The average molecular weight is 279 g/mol. The van der Waals surface area contributed by atoms with Gasteiger partial charge in [0.1, 0.15) is 5.75 Å². The van der Waals surface area contributed by atoms with E-state index in [1.54, 1.807) is 24.3 Å². The second-order valence-corrected chi connectivity index (χ2v) is 4.03. The van der Waals surface area contributed by atoms with Gasteiger partial charge in [-0.15, -0.1) is 0 Å². The van der Waals surface area contributed by atoms with Gasteiger partial charge in [0.25, 0.3) is 0 Å². The van der Waals surface area contributed by atoms with E-state index in [-0.39, 0.29) is 11.3 Å². The molecule has 0 aromatic heterocycles. The molecule has 0 aliphatic carbocycles. The highest BCUT2D eigenvalue weighted by Gasteiger charge is 2.37. The number of methoxy groups -OCH3 is 1. The molecule has 5 heteroatoms. The first-order valence-corrected chi connectivity index (χ1v) is 5.86. The second-order valence-electron chi connectivity index (χ2n) is 4.03. The van der Waals surface area contributed by atoms with E-state index in [4.69, 9.17) is 4.74 Å². The molecule has 0 amide bonds. The lowest BCUT2D eigenvalue weighted by atomic mass is 10.1. The monoisotopic (exact) mass is 279 g/mol. The number of alkyl halides is 3. The molecule has 2 aromatic carbocycles. The van der Waals surface area contributed by atoms with Gasteiger partial charge < -0.3 is 4.74 Å². The molecule has 2 nitrogen and oxygen atoms in total. The molecule has 2 aromatic rings. The van der Waals surface area contributed by atoms with Crippen molar-refractivity contribution in [2.75, 3.05) is 7.11 Å². The van der Waals surface area contributed by atoms with Crippen LogP contribution < -0.4 is 4.74 Å². The topological polar surface area (TPSA) is 21.6 Å². The van der Waals surface area contributed by atoms with Crippen LogP contribution in [0.2, 0.25) is 0 Å². The molecule has 0 spiro atoms. The minimum absolute atomic E-state index is 0.0271. The summed E-state index contributed by atoms with van der Waals surface area (Å²) in [5.41, 5.74) is -0.717. The van der Waals surface area contributed by atoms with E-state index in [0.29, 0.717) is 5.75 Å². The predicted octanol–water partition coefficient (Wildman–Crippen LogP) is 4.38. The molecule has 0 radical (unpaired) electrons. The molecule has 104 valence electrons. The molecule has 0 saturated heterocycles. The maximum Gasteiger partial charge on any atom is 0.433 e. The summed E-state index contributed by atoms with van der Waals surface area (Å²) in [7, 11) is 1.40. The number of hydrogen-bond donors (Lipinski definition) is 0. The number of benzene rings is 2. The van der Waals surface area contributed by atoms with Crippen molar-refractivity contribution in [3.05, 3.63) is 60.2 Å². The Morgan fingerprint density at radius 3 is 2.30 bits per heavy atom. The van der Waals surface area contributed by atoms with Gasteiger partial charge in [-0.3, -0.25) is 0 Å². The van der Waals surface area contributed by atoms with Gasteiger partial charge in [0, 0.05) is 5.56 Å². The number of ether oxygens (including phenoxy) is 1. The lowest BCUT2D eigenvalue weighted by Gasteiger charge is -2.12. The van der Waals surface area contributed by atoms with Crippen LogP contribution in [-0.2, 0) is 0 Å². The Morgan fingerprint density at radius 2 is 1.70 bits per heavy atom. The third-order valence-electron chi connectivity index (χ3n) is 2.61. The molecular weight excluding hydrogens is 267 g/mol. The highest BCUT2D eigenvalue weighted by atomic mass is 19.4. The van der Waals surface area contributed by atoms with Crippen LogP contribution in [0.5, 0.6) is 5.75 Å². The molecule has 0 heterocycles. The summed E-state index contributed by atoms with van der Waals surface area (Å²) in [6.07, 6.45) is -4.54. The van der Waals surface area contributed by atoms with Crippen LogP contribution >= 0.6 is 0 Å². The van der Waals surface area contributed by atoms with E-state index in [9.17, 15) is 13.2 Å². The highest BCUT2D eigenvalue weighted by Crippen LogP contribution is 2.27. The van der Waals surface area contributed by atoms with Crippen molar-refractivity contribution in [3.8, 4) is 5.75 Å². The number of para-hydroxylation sites is 1. The van der Waals surface area contributed by atoms with E-state index >= 15 is 0 Å². The fourth-order valence-corrected chi connectivity index (χ4v) is 1.69. The van der Waals surface area contributed by atoms with Crippen LogP contribution in [0.25, 0.3) is 0 Å². The van der Waals surface area contributed by atoms with Crippen molar-refractivity contribution in [3.63, 3.8) is 0 Å². The van der Waals surface area contributed by atoms with Gasteiger partial charge in [-0.25, -0.2) is 4.99 Å². The Balaban J connectivity index is 2.51. The molecule has 0 bridgehead atoms. The minimum Gasteiger partial charge on any atom is -0.497 e. The van der Waals surface area contributed by atoms with Gasteiger partial charge in [-0.2, -0.15) is 13.2 Å². The van der Waals surface area contributed by atoms with Gasteiger partial charge in [0.2, 0.25) is 0 Å². The summed E-state index contributed by atoms with van der Waals surface area (Å²) in [6, 6.07) is 13.8. The first-order chi connectivity index (χ1) is 9.50. The number of hydrogen-bond acceptors (Lipinski definition) is 2. The molecule has 0 N–H and O–H groups in total. The van der Waals surface area contributed by atoms with Gasteiger partial charge in [0.15, 0.2) is 5.71 Å².